The Labute approximate surface area is 83.1 Å². The Morgan fingerprint density at radius 3 is 2.58 bits per heavy atom. The van der Waals surface area contributed by atoms with Crippen molar-refractivity contribution in [3.8, 4) is 5.75 Å². The van der Waals surface area contributed by atoms with Crippen molar-refractivity contribution in [3.05, 3.63) is 28.2 Å². The summed E-state index contributed by atoms with van der Waals surface area (Å²) >= 11 is 10.0. The summed E-state index contributed by atoms with van der Waals surface area (Å²) in [4.78, 5) is 0. The molecule has 0 aliphatic rings. The molecule has 1 aromatic rings. The lowest BCUT2D eigenvalue weighted by Gasteiger charge is -2.02. The van der Waals surface area contributed by atoms with Crippen LogP contribution in [0.15, 0.2) is 18.2 Å². The predicted octanol–water partition coefficient (Wildman–Crippen LogP) is 2.67. The van der Waals surface area contributed by atoms with Crippen LogP contribution in [0.2, 0.25) is 10.0 Å². The molecule has 5 heteroatoms. The first-order chi connectivity index (χ1) is 5.59. The van der Waals surface area contributed by atoms with E-state index >= 15 is 0 Å². The van der Waals surface area contributed by atoms with Crippen LogP contribution in [0, 0.1) is 0 Å². The predicted molar refractivity (Wildman–Crippen MR) is 51.2 cm³/mol. The highest BCUT2D eigenvalue weighted by molar-refractivity contribution is 7.79. The lowest BCUT2D eigenvalue weighted by atomic mass is 10.3. The molecular formula is C7H6Cl2O2S. The number of benzene rings is 1. The van der Waals surface area contributed by atoms with E-state index in [0.29, 0.717) is 15.8 Å². The Kier molecular flexibility index (Phi) is 3.38. The third-order valence-electron chi connectivity index (χ3n) is 1.10. The zero-order valence-electron chi connectivity index (χ0n) is 6.21. The smallest absolute Gasteiger partial charge is 0.203 e. The number of hydrogen-bond acceptors (Lipinski definition) is 2. The van der Waals surface area contributed by atoms with Crippen molar-refractivity contribution in [3.63, 3.8) is 0 Å². The third-order valence-corrected chi connectivity index (χ3v) is 2.05. The van der Waals surface area contributed by atoms with Crippen molar-refractivity contribution in [2.75, 3.05) is 6.26 Å². The Morgan fingerprint density at radius 1 is 1.42 bits per heavy atom. The number of rotatable bonds is 2. The highest BCUT2D eigenvalue weighted by atomic mass is 35.5. The normalized spacial score (nSPS) is 12.6. The summed E-state index contributed by atoms with van der Waals surface area (Å²) in [6.45, 7) is 0. The summed E-state index contributed by atoms with van der Waals surface area (Å²) in [5.41, 5.74) is 0. The molecule has 1 atom stereocenters. The minimum Gasteiger partial charge on any atom is -0.399 e. The average Bonchev–Trinajstić information content (AvgIpc) is 1.94. The van der Waals surface area contributed by atoms with Gasteiger partial charge in [0.05, 0.1) is 5.02 Å². The maximum atomic E-state index is 10.6. The van der Waals surface area contributed by atoms with Crippen LogP contribution in [0.5, 0.6) is 5.75 Å². The molecule has 1 unspecified atom stereocenters. The van der Waals surface area contributed by atoms with Gasteiger partial charge in [0.25, 0.3) is 0 Å². The number of halogens is 2. The van der Waals surface area contributed by atoms with Crippen LogP contribution in [-0.2, 0) is 11.1 Å². The molecule has 0 spiro atoms. The van der Waals surface area contributed by atoms with E-state index in [1.807, 2.05) is 0 Å². The van der Waals surface area contributed by atoms with Gasteiger partial charge in [0.15, 0.2) is 5.75 Å². The zero-order chi connectivity index (χ0) is 9.14. The van der Waals surface area contributed by atoms with Gasteiger partial charge in [-0.25, -0.2) is 4.21 Å². The van der Waals surface area contributed by atoms with Crippen molar-refractivity contribution in [2.45, 2.75) is 0 Å². The van der Waals surface area contributed by atoms with E-state index in [1.54, 1.807) is 12.1 Å². The first kappa shape index (κ1) is 9.84. The van der Waals surface area contributed by atoms with Crippen LogP contribution in [0.3, 0.4) is 0 Å². The van der Waals surface area contributed by atoms with E-state index in [0.717, 1.165) is 0 Å². The fourth-order valence-corrected chi connectivity index (χ4v) is 1.56. The molecule has 2 nitrogen and oxygen atoms in total. The van der Waals surface area contributed by atoms with Crippen molar-refractivity contribution in [1.82, 2.24) is 0 Å². The summed E-state index contributed by atoms with van der Waals surface area (Å²) in [5, 5.41) is 0.881. The molecule has 0 bridgehead atoms. The van der Waals surface area contributed by atoms with Crippen molar-refractivity contribution in [1.29, 1.82) is 0 Å². The monoisotopic (exact) mass is 224 g/mol. The second kappa shape index (κ2) is 4.12. The molecule has 0 amide bonds. The first-order valence-corrected chi connectivity index (χ1v) is 5.30. The van der Waals surface area contributed by atoms with Crippen molar-refractivity contribution < 1.29 is 8.39 Å². The largest absolute Gasteiger partial charge is 0.399 e. The first-order valence-electron chi connectivity index (χ1n) is 3.06. The Bertz CT molecular complexity index is 314. The van der Waals surface area contributed by atoms with E-state index in [9.17, 15) is 4.21 Å². The zero-order valence-corrected chi connectivity index (χ0v) is 8.54. The van der Waals surface area contributed by atoms with Crippen molar-refractivity contribution >= 4 is 34.3 Å². The average molecular weight is 225 g/mol. The Hall–Kier alpha value is -0.250. The molecule has 0 radical (unpaired) electrons. The summed E-state index contributed by atoms with van der Waals surface area (Å²) in [6, 6.07) is 4.73. The minimum absolute atomic E-state index is 0.359. The van der Waals surface area contributed by atoms with E-state index in [1.165, 1.54) is 12.3 Å². The topological polar surface area (TPSA) is 26.3 Å². The van der Waals surface area contributed by atoms with Gasteiger partial charge in [-0.05, 0) is 18.2 Å². The van der Waals surface area contributed by atoms with Gasteiger partial charge in [-0.2, -0.15) is 0 Å². The van der Waals surface area contributed by atoms with Gasteiger partial charge in [-0.1, -0.05) is 23.2 Å². The van der Waals surface area contributed by atoms with Gasteiger partial charge in [0.1, 0.15) is 0 Å². The molecule has 66 valence electrons. The molecule has 0 aliphatic carbocycles. The number of hydrogen-bond donors (Lipinski definition) is 0. The highest BCUT2D eigenvalue weighted by Crippen LogP contribution is 2.27. The maximum absolute atomic E-state index is 10.6. The molecule has 0 saturated heterocycles. The van der Waals surface area contributed by atoms with E-state index in [2.05, 4.69) is 0 Å². The van der Waals surface area contributed by atoms with Crippen LogP contribution in [-0.4, -0.2) is 10.5 Å². The molecule has 1 aromatic carbocycles. The summed E-state index contributed by atoms with van der Waals surface area (Å²) < 4.78 is 15.5. The maximum Gasteiger partial charge on any atom is 0.203 e. The molecule has 0 N–H and O–H groups in total. The lowest BCUT2D eigenvalue weighted by Crippen LogP contribution is -1.96. The molecule has 0 aliphatic heterocycles. The van der Waals surface area contributed by atoms with E-state index in [-0.39, 0.29) is 0 Å². The standard InChI is InChI=1S/C7H6Cl2O2S/c1-12(10)11-7-3-2-5(8)4-6(7)9/h2-4H,1H3. The Balaban J connectivity index is 2.93. The fourth-order valence-electron chi connectivity index (χ4n) is 0.669. The van der Waals surface area contributed by atoms with Crippen molar-refractivity contribution in [2.24, 2.45) is 0 Å². The second-order valence-electron chi connectivity index (χ2n) is 2.06. The van der Waals surface area contributed by atoms with Crippen LogP contribution in [0.25, 0.3) is 0 Å². The molecule has 0 heterocycles. The van der Waals surface area contributed by atoms with E-state index in [4.69, 9.17) is 27.4 Å². The molecule has 0 aromatic heterocycles. The van der Waals surface area contributed by atoms with Gasteiger partial charge >= 0.3 is 0 Å². The van der Waals surface area contributed by atoms with Gasteiger partial charge < -0.3 is 4.18 Å². The van der Waals surface area contributed by atoms with E-state index < -0.39 is 11.1 Å². The van der Waals surface area contributed by atoms with Gasteiger partial charge in [0.2, 0.25) is 11.1 Å². The second-order valence-corrected chi connectivity index (χ2v) is 3.87. The molecule has 12 heavy (non-hydrogen) atoms. The van der Waals surface area contributed by atoms with Crippen LogP contribution in [0.4, 0.5) is 0 Å². The molecule has 0 saturated carbocycles. The summed E-state index contributed by atoms with van der Waals surface area (Å²) in [7, 11) is 0. The minimum atomic E-state index is -1.36. The Morgan fingerprint density at radius 2 is 2.08 bits per heavy atom. The van der Waals surface area contributed by atoms with Crippen LogP contribution < -0.4 is 4.18 Å². The van der Waals surface area contributed by atoms with Crippen LogP contribution in [0.1, 0.15) is 0 Å². The van der Waals surface area contributed by atoms with Gasteiger partial charge in [0, 0.05) is 11.3 Å². The van der Waals surface area contributed by atoms with Gasteiger partial charge in [-0.3, -0.25) is 0 Å². The highest BCUT2D eigenvalue weighted by Gasteiger charge is 2.03. The SMILES string of the molecule is CS(=O)Oc1ccc(Cl)cc1Cl. The molecule has 0 fully saturated rings. The quantitative estimate of drug-likeness (QED) is 0.773. The van der Waals surface area contributed by atoms with Gasteiger partial charge in [-0.15, -0.1) is 0 Å². The molecule has 1 rings (SSSR count). The summed E-state index contributed by atoms with van der Waals surface area (Å²) in [5.74, 6) is 0.377. The molecular weight excluding hydrogens is 219 g/mol. The third kappa shape index (κ3) is 2.66. The summed E-state index contributed by atoms with van der Waals surface area (Å²) in [6.07, 6.45) is 1.42. The lowest BCUT2D eigenvalue weighted by molar-refractivity contribution is 0.568. The fraction of sp³-hybridized carbons (Fsp3) is 0.143. The van der Waals surface area contributed by atoms with Crippen LogP contribution >= 0.6 is 23.2 Å².